The van der Waals surface area contributed by atoms with Crippen molar-refractivity contribution in [3.63, 3.8) is 0 Å². The van der Waals surface area contributed by atoms with Gasteiger partial charge in [0.2, 0.25) is 0 Å². The Bertz CT molecular complexity index is 721. The molecule has 0 unspecified atom stereocenters. The second-order valence-corrected chi connectivity index (χ2v) is 6.67. The van der Waals surface area contributed by atoms with Crippen LogP contribution in [0.2, 0.25) is 0 Å². The highest BCUT2D eigenvalue weighted by Crippen LogP contribution is 2.13. The van der Waals surface area contributed by atoms with Crippen LogP contribution in [0, 0.1) is 13.8 Å². The minimum atomic E-state index is 0.689. The number of aryl methyl sites for hydroxylation is 3. The summed E-state index contributed by atoms with van der Waals surface area (Å²) in [5.41, 5.74) is 3.50. The average Bonchev–Trinajstić information content (AvgIpc) is 2.96. The number of hydrogen-bond acceptors (Lipinski definition) is 3. The van der Waals surface area contributed by atoms with Crippen LogP contribution in [0.4, 0.5) is 0 Å². The number of aliphatic imine (C=N–C) groups is 1. The number of aromatic nitrogens is 2. The van der Waals surface area contributed by atoms with Crippen LogP contribution in [0.25, 0.3) is 0 Å². The van der Waals surface area contributed by atoms with Gasteiger partial charge >= 0.3 is 0 Å². The Labute approximate surface area is 163 Å². The molecule has 0 fully saturated rings. The lowest BCUT2D eigenvalue weighted by Crippen LogP contribution is -2.38. The monoisotopic (exact) mass is 371 g/mol. The van der Waals surface area contributed by atoms with Gasteiger partial charge < -0.3 is 15.0 Å². The zero-order valence-corrected chi connectivity index (χ0v) is 17.3. The Morgan fingerprint density at radius 2 is 1.96 bits per heavy atom. The lowest BCUT2D eigenvalue weighted by Gasteiger charge is -2.22. The van der Waals surface area contributed by atoms with Crippen LogP contribution in [-0.2, 0) is 13.1 Å². The summed E-state index contributed by atoms with van der Waals surface area (Å²) in [5.74, 6) is 1.84. The molecule has 1 N–H and O–H groups in total. The van der Waals surface area contributed by atoms with Gasteiger partial charge in [0.1, 0.15) is 5.75 Å². The lowest BCUT2D eigenvalue weighted by atomic mass is 10.2. The molecule has 0 spiro atoms. The standard InChI is InChI=1S/C21H33N5O/c1-6-22-21(23-13-8-14-26-18(4)15-17(3)24-26)25(5)16-19-9-11-20(12-10-19)27-7-2/h9-12,15H,6-8,13-14,16H2,1-5H3,(H,22,23). The zero-order chi connectivity index (χ0) is 19.6. The first kappa shape index (κ1) is 20.8. The van der Waals surface area contributed by atoms with Crippen molar-refractivity contribution in [2.45, 2.75) is 47.2 Å². The summed E-state index contributed by atoms with van der Waals surface area (Å²) in [6.07, 6.45) is 0.966. The number of hydrogen-bond donors (Lipinski definition) is 1. The molecule has 0 saturated carbocycles. The van der Waals surface area contributed by atoms with E-state index in [1.54, 1.807) is 0 Å². The minimum Gasteiger partial charge on any atom is -0.494 e. The Balaban J connectivity index is 1.89. The van der Waals surface area contributed by atoms with E-state index in [-0.39, 0.29) is 0 Å². The van der Waals surface area contributed by atoms with Crippen LogP contribution in [-0.4, -0.2) is 47.4 Å². The molecule has 6 nitrogen and oxygen atoms in total. The van der Waals surface area contributed by atoms with Crippen molar-refractivity contribution in [1.82, 2.24) is 20.0 Å². The van der Waals surface area contributed by atoms with Crippen molar-refractivity contribution in [1.29, 1.82) is 0 Å². The van der Waals surface area contributed by atoms with Gasteiger partial charge in [-0.05, 0) is 57.9 Å². The number of nitrogens with zero attached hydrogens (tertiary/aromatic N) is 4. The normalized spacial score (nSPS) is 11.5. The van der Waals surface area contributed by atoms with Crippen LogP contribution in [0.15, 0.2) is 35.3 Å². The highest BCUT2D eigenvalue weighted by Gasteiger charge is 2.07. The molecule has 0 aliphatic rings. The summed E-state index contributed by atoms with van der Waals surface area (Å²) < 4.78 is 7.56. The Hall–Kier alpha value is -2.50. The average molecular weight is 372 g/mol. The molecule has 148 valence electrons. The molecular formula is C21H33N5O. The molecule has 0 aliphatic carbocycles. The number of benzene rings is 1. The fourth-order valence-electron chi connectivity index (χ4n) is 2.98. The van der Waals surface area contributed by atoms with Crippen LogP contribution in [0.1, 0.15) is 37.2 Å². The van der Waals surface area contributed by atoms with Gasteiger partial charge in [-0.15, -0.1) is 0 Å². The molecule has 27 heavy (non-hydrogen) atoms. The quantitative estimate of drug-likeness (QED) is 0.417. The van der Waals surface area contributed by atoms with Gasteiger partial charge in [0.15, 0.2) is 5.96 Å². The fourth-order valence-corrected chi connectivity index (χ4v) is 2.98. The van der Waals surface area contributed by atoms with E-state index >= 15 is 0 Å². The zero-order valence-electron chi connectivity index (χ0n) is 17.3. The molecule has 0 bridgehead atoms. The van der Waals surface area contributed by atoms with Gasteiger partial charge in [0.05, 0.1) is 12.3 Å². The minimum absolute atomic E-state index is 0.689. The summed E-state index contributed by atoms with van der Waals surface area (Å²) in [4.78, 5) is 6.93. The van der Waals surface area contributed by atoms with Gasteiger partial charge in [-0.1, -0.05) is 12.1 Å². The van der Waals surface area contributed by atoms with Gasteiger partial charge in [0, 0.05) is 38.9 Å². The SMILES string of the molecule is CCNC(=NCCCn1nc(C)cc1C)N(C)Cc1ccc(OCC)cc1. The van der Waals surface area contributed by atoms with Crippen molar-refractivity contribution < 1.29 is 4.74 Å². The van der Waals surface area contributed by atoms with Gasteiger partial charge in [-0.2, -0.15) is 5.10 Å². The third kappa shape index (κ3) is 6.62. The maximum atomic E-state index is 5.51. The Morgan fingerprint density at radius 1 is 1.22 bits per heavy atom. The fraction of sp³-hybridized carbons (Fsp3) is 0.524. The van der Waals surface area contributed by atoms with E-state index < -0.39 is 0 Å². The highest BCUT2D eigenvalue weighted by atomic mass is 16.5. The number of guanidine groups is 1. The van der Waals surface area contributed by atoms with Crippen LogP contribution in [0.3, 0.4) is 0 Å². The Morgan fingerprint density at radius 3 is 2.56 bits per heavy atom. The van der Waals surface area contributed by atoms with E-state index in [1.807, 2.05) is 26.0 Å². The highest BCUT2D eigenvalue weighted by molar-refractivity contribution is 5.79. The molecule has 0 radical (unpaired) electrons. The maximum absolute atomic E-state index is 5.51. The van der Waals surface area contributed by atoms with E-state index in [0.29, 0.717) is 6.61 Å². The van der Waals surface area contributed by atoms with Crippen LogP contribution in [0.5, 0.6) is 5.75 Å². The van der Waals surface area contributed by atoms with E-state index in [1.165, 1.54) is 11.3 Å². The van der Waals surface area contributed by atoms with E-state index in [0.717, 1.165) is 50.0 Å². The van der Waals surface area contributed by atoms with E-state index in [4.69, 9.17) is 9.73 Å². The summed E-state index contributed by atoms with van der Waals surface area (Å²) >= 11 is 0. The summed E-state index contributed by atoms with van der Waals surface area (Å²) in [7, 11) is 2.07. The molecule has 0 saturated heterocycles. The van der Waals surface area contributed by atoms with Gasteiger partial charge in [-0.25, -0.2) is 0 Å². The van der Waals surface area contributed by atoms with E-state index in [2.05, 4.69) is 59.1 Å². The number of rotatable bonds is 9. The van der Waals surface area contributed by atoms with Crippen LogP contribution < -0.4 is 10.1 Å². The first-order chi connectivity index (χ1) is 13.0. The molecule has 1 aromatic heterocycles. The maximum Gasteiger partial charge on any atom is 0.193 e. The third-order valence-electron chi connectivity index (χ3n) is 4.24. The van der Waals surface area contributed by atoms with Crippen molar-refractivity contribution >= 4 is 5.96 Å². The topological polar surface area (TPSA) is 54.7 Å². The third-order valence-corrected chi connectivity index (χ3v) is 4.24. The molecule has 6 heteroatoms. The van der Waals surface area contributed by atoms with Crippen molar-refractivity contribution in [2.75, 3.05) is 26.7 Å². The molecule has 1 heterocycles. The molecular weight excluding hydrogens is 338 g/mol. The number of nitrogens with one attached hydrogen (secondary N) is 1. The van der Waals surface area contributed by atoms with E-state index in [9.17, 15) is 0 Å². The van der Waals surface area contributed by atoms with Crippen molar-refractivity contribution in [3.8, 4) is 5.75 Å². The second kappa shape index (κ2) is 10.6. The van der Waals surface area contributed by atoms with Crippen molar-refractivity contribution in [2.24, 2.45) is 4.99 Å². The predicted molar refractivity (Wildman–Crippen MR) is 111 cm³/mol. The molecule has 2 aromatic rings. The van der Waals surface area contributed by atoms with Crippen LogP contribution >= 0.6 is 0 Å². The summed E-state index contributed by atoms with van der Waals surface area (Å²) in [6, 6.07) is 10.4. The largest absolute Gasteiger partial charge is 0.494 e. The van der Waals surface area contributed by atoms with Crippen molar-refractivity contribution in [3.05, 3.63) is 47.3 Å². The van der Waals surface area contributed by atoms with Gasteiger partial charge in [-0.3, -0.25) is 9.67 Å². The lowest BCUT2D eigenvalue weighted by molar-refractivity contribution is 0.340. The molecule has 0 aliphatic heterocycles. The second-order valence-electron chi connectivity index (χ2n) is 6.67. The first-order valence-electron chi connectivity index (χ1n) is 9.75. The molecule has 0 amide bonds. The molecule has 1 aromatic carbocycles. The first-order valence-corrected chi connectivity index (χ1v) is 9.75. The Kier molecular flexibility index (Phi) is 8.17. The summed E-state index contributed by atoms with van der Waals surface area (Å²) in [6.45, 7) is 12.2. The summed E-state index contributed by atoms with van der Waals surface area (Å²) in [5, 5.41) is 7.88. The predicted octanol–water partition coefficient (Wildman–Crippen LogP) is 3.39. The number of ether oxygens (including phenoxy) is 1. The smallest absolute Gasteiger partial charge is 0.193 e. The van der Waals surface area contributed by atoms with Gasteiger partial charge in [0.25, 0.3) is 0 Å². The molecule has 2 rings (SSSR count). The molecule has 0 atom stereocenters.